The predicted octanol–water partition coefficient (Wildman–Crippen LogP) is 3.90. The Balaban J connectivity index is 2.17. The molecular weight excluding hydrogens is 322 g/mol. The van der Waals surface area contributed by atoms with Crippen LogP contribution >= 0.6 is 0 Å². The number of rotatable bonds is 7. The summed E-state index contributed by atoms with van der Waals surface area (Å²) in [5.41, 5.74) is 1.99. The number of methoxy groups -OCH3 is 1. The first-order valence-corrected chi connectivity index (χ1v) is 9.56. The molecule has 2 rings (SSSR count). The summed E-state index contributed by atoms with van der Waals surface area (Å²) in [6, 6.07) is 14.9. The van der Waals surface area contributed by atoms with Gasteiger partial charge >= 0.3 is 0 Å². The van der Waals surface area contributed by atoms with E-state index in [1.807, 2.05) is 51.1 Å². The normalized spacial score (nSPS) is 13.0. The Bertz CT molecular complexity index is 770. The van der Waals surface area contributed by atoms with Gasteiger partial charge in [0.1, 0.15) is 5.75 Å². The summed E-state index contributed by atoms with van der Waals surface area (Å²) in [6.45, 7) is 6.39. The minimum Gasteiger partial charge on any atom is -0.496 e. The Morgan fingerprint density at radius 2 is 1.71 bits per heavy atom. The lowest BCUT2D eigenvalue weighted by atomic mass is 10.0. The molecule has 24 heavy (non-hydrogen) atoms. The Morgan fingerprint density at radius 3 is 2.29 bits per heavy atom. The first-order chi connectivity index (χ1) is 11.3. The molecule has 2 aromatic rings. The maximum Gasteiger partial charge on any atom is 0.240 e. The zero-order valence-corrected chi connectivity index (χ0v) is 15.4. The van der Waals surface area contributed by atoms with Crippen LogP contribution in [0, 0.1) is 0 Å². The highest BCUT2D eigenvalue weighted by molar-refractivity contribution is 7.89. The summed E-state index contributed by atoms with van der Waals surface area (Å²) in [7, 11) is -1.96. The number of nitrogens with one attached hydrogen (secondary N) is 1. The average Bonchev–Trinajstić information content (AvgIpc) is 2.59. The predicted molar refractivity (Wildman–Crippen MR) is 97.1 cm³/mol. The summed E-state index contributed by atoms with van der Waals surface area (Å²) < 4.78 is 33.2. The molecule has 0 bridgehead atoms. The first-order valence-electron chi connectivity index (χ1n) is 8.07. The van der Waals surface area contributed by atoms with Gasteiger partial charge in [-0.15, -0.1) is 0 Å². The number of sulfonamides is 1. The third-order valence-electron chi connectivity index (χ3n) is 4.08. The summed E-state index contributed by atoms with van der Waals surface area (Å²) in [5.74, 6) is 0.990. The topological polar surface area (TPSA) is 55.4 Å². The second kappa shape index (κ2) is 7.81. The number of benzene rings is 2. The number of ether oxygens (including phenoxy) is 1. The molecule has 5 heteroatoms. The van der Waals surface area contributed by atoms with Crippen LogP contribution in [-0.4, -0.2) is 22.1 Å². The third kappa shape index (κ3) is 4.36. The quantitative estimate of drug-likeness (QED) is 0.826. The molecule has 0 radical (unpaired) electrons. The minimum atomic E-state index is -3.55. The lowest BCUT2D eigenvalue weighted by Gasteiger charge is -2.16. The first kappa shape index (κ1) is 18.5. The van der Waals surface area contributed by atoms with E-state index in [2.05, 4.69) is 4.72 Å². The minimum absolute atomic E-state index is 0.101. The van der Waals surface area contributed by atoms with Gasteiger partial charge in [0, 0.05) is 6.54 Å². The summed E-state index contributed by atoms with van der Waals surface area (Å²) in [5, 5.41) is 0. The molecule has 0 spiro atoms. The van der Waals surface area contributed by atoms with Crippen LogP contribution < -0.4 is 9.46 Å². The molecule has 0 fully saturated rings. The average molecular weight is 347 g/mol. The Labute approximate surface area is 144 Å². The maximum absolute atomic E-state index is 12.6. The van der Waals surface area contributed by atoms with Crippen molar-refractivity contribution in [1.82, 2.24) is 4.72 Å². The van der Waals surface area contributed by atoms with E-state index in [0.717, 1.165) is 11.1 Å². The molecule has 0 saturated heterocycles. The number of hydrogen-bond donors (Lipinski definition) is 1. The van der Waals surface area contributed by atoms with Gasteiger partial charge in [0.25, 0.3) is 0 Å². The van der Waals surface area contributed by atoms with Gasteiger partial charge in [0.05, 0.1) is 12.0 Å². The molecule has 1 N–H and O–H groups in total. The van der Waals surface area contributed by atoms with E-state index in [1.54, 1.807) is 25.3 Å². The second-order valence-corrected chi connectivity index (χ2v) is 7.99. The highest BCUT2D eigenvalue weighted by Gasteiger charge is 2.18. The molecule has 0 aliphatic heterocycles. The van der Waals surface area contributed by atoms with Gasteiger partial charge in [-0.05, 0) is 41.2 Å². The van der Waals surface area contributed by atoms with Gasteiger partial charge in [-0.25, -0.2) is 13.1 Å². The van der Waals surface area contributed by atoms with E-state index >= 15 is 0 Å². The van der Waals surface area contributed by atoms with E-state index < -0.39 is 10.0 Å². The van der Waals surface area contributed by atoms with Crippen molar-refractivity contribution in [3.63, 3.8) is 0 Å². The Kier molecular flexibility index (Phi) is 6.02. The van der Waals surface area contributed by atoms with Crippen molar-refractivity contribution >= 4 is 10.0 Å². The van der Waals surface area contributed by atoms with Crippen LogP contribution in [0.2, 0.25) is 0 Å². The molecule has 0 unspecified atom stereocenters. The fourth-order valence-electron chi connectivity index (χ4n) is 2.55. The highest BCUT2D eigenvalue weighted by Crippen LogP contribution is 2.29. The SMILES string of the molecule is COc1ccc(S(=O)(=O)NC[C@H](C)c2ccccc2)cc1C(C)C. The fraction of sp³-hybridized carbons (Fsp3) is 0.368. The van der Waals surface area contributed by atoms with E-state index in [0.29, 0.717) is 12.3 Å². The van der Waals surface area contributed by atoms with E-state index in [9.17, 15) is 8.42 Å². The van der Waals surface area contributed by atoms with Crippen LogP contribution in [0.4, 0.5) is 0 Å². The Hall–Kier alpha value is -1.85. The Morgan fingerprint density at radius 1 is 1.04 bits per heavy atom. The lowest BCUT2D eigenvalue weighted by molar-refractivity contribution is 0.407. The second-order valence-electron chi connectivity index (χ2n) is 6.22. The molecule has 0 aliphatic rings. The molecule has 0 heterocycles. The van der Waals surface area contributed by atoms with Crippen molar-refractivity contribution in [2.75, 3.05) is 13.7 Å². The van der Waals surface area contributed by atoms with Crippen molar-refractivity contribution in [1.29, 1.82) is 0 Å². The fourth-order valence-corrected chi connectivity index (χ4v) is 3.71. The van der Waals surface area contributed by atoms with Crippen molar-refractivity contribution in [2.45, 2.75) is 37.5 Å². The molecule has 2 aromatic carbocycles. The maximum atomic E-state index is 12.6. The van der Waals surface area contributed by atoms with Gasteiger partial charge in [0.15, 0.2) is 0 Å². The van der Waals surface area contributed by atoms with Crippen LogP contribution in [0.3, 0.4) is 0 Å². The van der Waals surface area contributed by atoms with Gasteiger partial charge < -0.3 is 4.74 Å². The van der Waals surface area contributed by atoms with E-state index in [1.165, 1.54) is 0 Å². The third-order valence-corrected chi connectivity index (χ3v) is 5.50. The van der Waals surface area contributed by atoms with Crippen LogP contribution in [0.25, 0.3) is 0 Å². The summed E-state index contributed by atoms with van der Waals surface area (Å²) >= 11 is 0. The van der Waals surface area contributed by atoms with Gasteiger partial charge in [-0.2, -0.15) is 0 Å². The number of hydrogen-bond acceptors (Lipinski definition) is 3. The van der Waals surface area contributed by atoms with Crippen LogP contribution in [-0.2, 0) is 10.0 Å². The van der Waals surface area contributed by atoms with Crippen LogP contribution in [0.15, 0.2) is 53.4 Å². The van der Waals surface area contributed by atoms with Gasteiger partial charge in [-0.3, -0.25) is 0 Å². The summed E-state index contributed by atoms with van der Waals surface area (Å²) in [6.07, 6.45) is 0. The van der Waals surface area contributed by atoms with Crippen LogP contribution in [0.5, 0.6) is 5.75 Å². The zero-order valence-electron chi connectivity index (χ0n) is 14.6. The van der Waals surface area contributed by atoms with Crippen molar-refractivity contribution in [3.05, 3.63) is 59.7 Å². The molecule has 4 nitrogen and oxygen atoms in total. The van der Waals surface area contributed by atoms with E-state index in [-0.39, 0.29) is 16.7 Å². The van der Waals surface area contributed by atoms with Gasteiger partial charge in [0.2, 0.25) is 10.0 Å². The van der Waals surface area contributed by atoms with Crippen molar-refractivity contribution in [3.8, 4) is 5.75 Å². The molecule has 0 aromatic heterocycles. The summed E-state index contributed by atoms with van der Waals surface area (Å²) in [4.78, 5) is 0.271. The van der Waals surface area contributed by atoms with E-state index in [4.69, 9.17) is 4.74 Å². The standard InChI is InChI=1S/C19H25NO3S/c1-14(2)18-12-17(10-11-19(18)23-4)24(21,22)20-13-15(3)16-8-6-5-7-9-16/h5-12,14-15,20H,13H2,1-4H3/t15-/m0/s1. The lowest BCUT2D eigenvalue weighted by Crippen LogP contribution is -2.27. The molecule has 0 aliphatic carbocycles. The highest BCUT2D eigenvalue weighted by atomic mass is 32.2. The molecule has 0 saturated carbocycles. The molecule has 0 amide bonds. The van der Waals surface area contributed by atoms with Crippen molar-refractivity contribution < 1.29 is 13.2 Å². The largest absolute Gasteiger partial charge is 0.496 e. The molecule has 130 valence electrons. The smallest absolute Gasteiger partial charge is 0.240 e. The molecular formula is C19H25NO3S. The van der Waals surface area contributed by atoms with Crippen molar-refractivity contribution in [2.24, 2.45) is 0 Å². The zero-order chi connectivity index (χ0) is 17.7. The molecule has 1 atom stereocenters. The monoisotopic (exact) mass is 347 g/mol. The van der Waals surface area contributed by atoms with Crippen LogP contribution in [0.1, 0.15) is 43.7 Å². The van der Waals surface area contributed by atoms with Gasteiger partial charge in [-0.1, -0.05) is 51.1 Å².